The van der Waals surface area contributed by atoms with E-state index in [2.05, 4.69) is 13.2 Å². The van der Waals surface area contributed by atoms with Crippen molar-refractivity contribution in [1.29, 1.82) is 0 Å². The minimum absolute atomic E-state index is 0.00376. The van der Waals surface area contributed by atoms with Crippen molar-refractivity contribution >= 4 is 15.8 Å². The first kappa shape index (κ1) is 12.5. The van der Waals surface area contributed by atoms with E-state index >= 15 is 0 Å². The van der Waals surface area contributed by atoms with Crippen LogP contribution in [0.1, 0.15) is 5.56 Å². The van der Waals surface area contributed by atoms with E-state index in [1.54, 1.807) is 24.3 Å². The molecule has 16 heavy (non-hydrogen) atoms. The summed E-state index contributed by atoms with van der Waals surface area (Å²) in [4.78, 5) is 0.00376. The summed E-state index contributed by atoms with van der Waals surface area (Å²) in [5.41, 5.74) is 0.367. The minimum atomic E-state index is -3.77. The van der Waals surface area contributed by atoms with Gasteiger partial charge < -0.3 is 4.74 Å². The maximum Gasteiger partial charge on any atom is 0.238 e. The van der Waals surface area contributed by atoms with Crippen LogP contribution in [0.4, 0.5) is 0 Å². The summed E-state index contributed by atoms with van der Waals surface area (Å²) in [6.07, 6.45) is 1.55. The van der Waals surface area contributed by atoms with Crippen molar-refractivity contribution in [3.63, 3.8) is 0 Å². The summed E-state index contributed by atoms with van der Waals surface area (Å²) < 4.78 is 27.8. The summed E-state index contributed by atoms with van der Waals surface area (Å²) in [7, 11) is -3.77. The fourth-order valence-corrected chi connectivity index (χ4v) is 1.94. The van der Waals surface area contributed by atoms with Crippen LogP contribution in [0.25, 0.3) is 5.76 Å². The van der Waals surface area contributed by atoms with Crippen LogP contribution < -0.4 is 5.14 Å². The van der Waals surface area contributed by atoms with Gasteiger partial charge in [-0.1, -0.05) is 31.4 Å². The average Bonchev–Trinajstić information content (AvgIpc) is 2.24. The molecule has 1 aromatic rings. The highest BCUT2D eigenvalue weighted by atomic mass is 32.2. The zero-order valence-electron chi connectivity index (χ0n) is 8.72. The molecule has 5 heteroatoms. The Morgan fingerprint density at radius 3 is 2.62 bits per heavy atom. The first-order chi connectivity index (χ1) is 7.46. The Labute approximate surface area is 95.1 Å². The molecule has 0 bridgehead atoms. The first-order valence-corrected chi connectivity index (χ1v) is 6.06. The lowest BCUT2D eigenvalue weighted by atomic mass is 10.2. The first-order valence-electron chi connectivity index (χ1n) is 4.51. The molecule has 0 saturated carbocycles. The Bertz CT molecular complexity index is 506. The van der Waals surface area contributed by atoms with Crippen molar-refractivity contribution in [2.24, 2.45) is 5.14 Å². The summed E-state index contributed by atoms with van der Waals surface area (Å²) in [5.74, 6) is 0.254. The van der Waals surface area contributed by atoms with Crippen LogP contribution >= 0.6 is 0 Å². The van der Waals surface area contributed by atoms with Crippen molar-refractivity contribution in [2.45, 2.75) is 4.90 Å². The molecular formula is C11H13NO3S. The van der Waals surface area contributed by atoms with Crippen LogP contribution in [0.15, 0.2) is 48.4 Å². The maximum atomic E-state index is 11.3. The largest absolute Gasteiger partial charge is 0.490 e. The third-order valence-corrected chi connectivity index (χ3v) is 2.84. The lowest BCUT2D eigenvalue weighted by Crippen LogP contribution is -2.14. The molecule has 0 saturated heterocycles. The van der Waals surface area contributed by atoms with Gasteiger partial charge in [-0.2, -0.15) is 0 Å². The van der Waals surface area contributed by atoms with Crippen molar-refractivity contribution in [3.8, 4) is 0 Å². The summed E-state index contributed by atoms with van der Waals surface area (Å²) >= 11 is 0. The van der Waals surface area contributed by atoms with E-state index in [-0.39, 0.29) is 17.3 Å². The van der Waals surface area contributed by atoms with E-state index in [0.717, 1.165) is 0 Å². The van der Waals surface area contributed by atoms with E-state index < -0.39 is 10.0 Å². The third kappa shape index (κ3) is 2.95. The summed E-state index contributed by atoms with van der Waals surface area (Å²) in [6, 6.07) is 6.27. The van der Waals surface area contributed by atoms with Crippen LogP contribution in [0.3, 0.4) is 0 Å². The molecule has 0 aliphatic rings. The smallest absolute Gasteiger partial charge is 0.238 e. The number of hydrogen-bond acceptors (Lipinski definition) is 3. The third-order valence-electron chi connectivity index (χ3n) is 1.87. The molecule has 0 heterocycles. The molecule has 0 fully saturated rings. The quantitative estimate of drug-likeness (QED) is 0.625. The van der Waals surface area contributed by atoms with Gasteiger partial charge in [0.1, 0.15) is 12.4 Å². The van der Waals surface area contributed by atoms with Gasteiger partial charge in [0.25, 0.3) is 0 Å². The zero-order chi connectivity index (χ0) is 12.2. The van der Waals surface area contributed by atoms with E-state index in [1.165, 1.54) is 6.07 Å². The van der Waals surface area contributed by atoms with Crippen molar-refractivity contribution < 1.29 is 13.2 Å². The van der Waals surface area contributed by atoms with Gasteiger partial charge in [0, 0.05) is 5.56 Å². The number of sulfonamides is 1. The Balaban J connectivity index is 3.14. The second kappa shape index (κ2) is 4.96. The number of nitrogens with two attached hydrogens (primary N) is 1. The van der Waals surface area contributed by atoms with Crippen LogP contribution in [0, 0.1) is 0 Å². The highest BCUT2D eigenvalue weighted by Gasteiger charge is 2.15. The molecule has 4 nitrogen and oxygen atoms in total. The molecule has 0 amide bonds. The average molecular weight is 239 g/mol. The molecule has 1 rings (SSSR count). The Morgan fingerprint density at radius 2 is 2.06 bits per heavy atom. The Morgan fingerprint density at radius 1 is 1.44 bits per heavy atom. The minimum Gasteiger partial charge on any atom is -0.490 e. The Kier molecular flexibility index (Phi) is 3.87. The molecule has 86 valence electrons. The zero-order valence-corrected chi connectivity index (χ0v) is 9.53. The standard InChI is InChI=1S/C11H13NO3S/c1-3-8-15-9(2)10-6-4-5-7-11(10)16(12,13)14/h3-7H,1-2,8H2,(H2,12,13,14). The van der Waals surface area contributed by atoms with Crippen molar-refractivity contribution in [1.82, 2.24) is 0 Å². The van der Waals surface area contributed by atoms with Gasteiger partial charge >= 0.3 is 0 Å². The highest BCUT2D eigenvalue weighted by molar-refractivity contribution is 7.89. The van der Waals surface area contributed by atoms with Crippen LogP contribution in [0.5, 0.6) is 0 Å². The number of primary sulfonamides is 1. The molecule has 0 aromatic heterocycles. The lowest BCUT2D eigenvalue weighted by molar-refractivity contribution is 0.320. The van der Waals surface area contributed by atoms with Crippen LogP contribution in [0.2, 0.25) is 0 Å². The molecule has 2 N–H and O–H groups in total. The second-order valence-corrected chi connectivity index (χ2v) is 4.59. The highest BCUT2D eigenvalue weighted by Crippen LogP contribution is 2.21. The van der Waals surface area contributed by atoms with Gasteiger partial charge in [-0.3, -0.25) is 0 Å². The number of rotatable bonds is 5. The lowest BCUT2D eigenvalue weighted by Gasteiger charge is -2.10. The monoisotopic (exact) mass is 239 g/mol. The van der Waals surface area contributed by atoms with E-state index in [0.29, 0.717) is 5.56 Å². The van der Waals surface area contributed by atoms with Crippen LogP contribution in [-0.4, -0.2) is 15.0 Å². The SMILES string of the molecule is C=CCOC(=C)c1ccccc1S(N)(=O)=O. The molecule has 0 aliphatic carbocycles. The summed E-state index contributed by atoms with van der Waals surface area (Å²) in [6.45, 7) is 7.40. The van der Waals surface area contributed by atoms with Gasteiger partial charge in [0.15, 0.2) is 0 Å². The van der Waals surface area contributed by atoms with Gasteiger partial charge in [-0.15, -0.1) is 0 Å². The van der Waals surface area contributed by atoms with E-state index in [9.17, 15) is 8.42 Å². The fraction of sp³-hybridized carbons (Fsp3) is 0.0909. The molecule has 1 aromatic carbocycles. The van der Waals surface area contributed by atoms with Gasteiger partial charge in [0.2, 0.25) is 10.0 Å². The van der Waals surface area contributed by atoms with Gasteiger partial charge in [0.05, 0.1) is 4.90 Å². The second-order valence-electron chi connectivity index (χ2n) is 3.06. The van der Waals surface area contributed by atoms with Gasteiger partial charge in [-0.05, 0) is 12.1 Å². The number of benzene rings is 1. The molecule has 0 aliphatic heterocycles. The fourth-order valence-electron chi connectivity index (χ4n) is 1.18. The molecular weight excluding hydrogens is 226 g/mol. The summed E-state index contributed by atoms with van der Waals surface area (Å²) in [5, 5.41) is 5.08. The topological polar surface area (TPSA) is 69.4 Å². The van der Waals surface area contributed by atoms with E-state index in [1.807, 2.05) is 0 Å². The van der Waals surface area contributed by atoms with Crippen molar-refractivity contribution in [2.75, 3.05) is 6.61 Å². The predicted octanol–water partition coefficient (Wildman–Crippen LogP) is 1.51. The van der Waals surface area contributed by atoms with E-state index in [4.69, 9.17) is 9.88 Å². The normalized spacial score (nSPS) is 10.8. The van der Waals surface area contributed by atoms with Gasteiger partial charge in [-0.25, -0.2) is 13.6 Å². The molecule has 0 spiro atoms. The number of ether oxygens (including phenoxy) is 1. The predicted molar refractivity (Wildman–Crippen MR) is 63.0 cm³/mol. The maximum absolute atomic E-state index is 11.3. The van der Waals surface area contributed by atoms with Crippen LogP contribution in [-0.2, 0) is 14.8 Å². The molecule has 0 atom stereocenters. The van der Waals surface area contributed by atoms with Crippen molar-refractivity contribution in [3.05, 3.63) is 49.1 Å². The number of hydrogen-bond donors (Lipinski definition) is 1. The molecule has 0 radical (unpaired) electrons. The molecule has 0 unspecified atom stereocenters. The Hall–Kier alpha value is -1.59.